The molecule has 1 heteroatoms. The van der Waals surface area contributed by atoms with Crippen molar-refractivity contribution in [3.05, 3.63) is 109 Å². The highest BCUT2D eigenvalue weighted by Crippen LogP contribution is 2.43. The lowest BCUT2D eigenvalue weighted by Crippen LogP contribution is -2.19. The van der Waals surface area contributed by atoms with Crippen LogP contribution in [0.1, 0.15) is 48.4 Å². The van der Waals surface area contributed by atoms with Gasteiger partial charge in [-0.1, -0.05) is 77.9 Å². The van der Waals surface area contributed by atoms with E-state index < -0.39 is 0 Å². The van der Waals surface area contributed by atoms with E-state index in [1.54, 1.807) is 0 Å². The Labute approximate surface area is 165 Å². The highest BCUT2D eigenvalue weighted by Gasteiger charge is 2.29. The van der Waals surface area contributed by atoms with Gasteiger partial charge in [0.25, 0.3) is 0 Å². The first-order chi connectivity index (χ1) is 13.7. The Hall–Kier alpha value is -2.90. The Morgan fingerprint density at radius 1 is 0.857 bits per heavy atom. The van der Waals surface area contributed by atoms with Crippen LogP contribution in [0, 0.1) is 10.4 Å². The first kappa shape index (κ1) is 17.2. The van der Waals surface area contributed by atoms with Gasteiger partial charge in [-0.2, -0.15) is 0 Å². The zero-order valence-electron chi connectivity index (χ0n) is 16.4. The van der Waals surface area contributed by atoms with Gasteiger partial charge in [0.1, 0.15) is 0 Å². The average molecular weight is 364 g/mol. The number of hydrogen-bond donors (Lipinski definition) is 1. The van der Waals surface area contributed by atoms with Gasteiger partial charge in [-0.3, -0.25) is 0 Å². The molecule has 1 unspecified atom stereocenters. The third-order valence-corrected chi connectivity index (χ3v) is 6.08. The first-order valence-corrected chi connectivity index (χ1v) is 10.0. The lowest BCUT2D eigenvalue weighted by molar-refractivity contribution is 0.298. The van der Waals surface area contributed by atoms with Crippen LogP contribution >= 0.6 is 0 Å². The Morgan fingerprint density at radius 3 is 2.46 bits per heavy atom. The average Bonchev–Trinajstić information content (AvgIpc) is 3.25. The predicted molar refractivity (Wildman–Crippen MR) is 116 cm³/mol. The maximum atomic E-state index is 9.73. The zero-order chi connectivity index (χ0) is 19.3. The summed E-state index contributed by atoms with van der Waals surface area (Å²) in [4.78, 5) is 0. The fraction of sp³-hybridized carbons (Fsp3) is 0.185. The Balaban J connectivity index is 1.90. The van der Waals surface area contributed by atoms with Gasteiger partial charge in [0.15, 0.2) is 0 Å². The number of fused-ring (bicyclic) bond motifs is 3. The van der Waals surface area contributed by atoms with E-state index >= 15 is 0 Å². The molecule has 0 aromatic heterocycles. The van der Waals surface area contributed by atoms with Crippen LogP contribution in [0.2, 0.25) is 0 Å². The van der Waals surface area contributed by atoms with Crippen molar-refractivity contribution in [2.45, 2.75) is 26.2 Å². The molecule has 0 fully saturated rings. The summed E-state index contributed by atoms with van der Waals surface area (Å²) in [6.45, 7) is 4.58. The lowest BCUT2D eigenvalue weighted by atomic mass is 9.82. The van der Waals surface area contributed by atoms with Crippen LogP contribution in [-0.4, -0.2) is 11.7 Å². The van der Waals surface area contributed by atoms with E-state index in [2.05, 4.69) is 86.7 Å². The number of hydrogen-bond acceptors (Lipinski definition) is 1. The minimum atomic E-state index is 0.180. The molecule has 2 aliphatic carbocycles. The standard InChI is InChI=1S/C27H24O/c1-17(2)21-11-12-24-22-9-5-3-8-19(22)16-25(24)27(21)26-20(13-14-28)15-18-7-4-6-10-23(18)26/h3-12,15-16,26,28H,13-14H2,1-2H3. The fourth-order valence-corrected chi connectivity index (χ4v) is 4.87. The van der Waals surface area contributed by atoms with Crippen molar-refractivity contribution in [2.75, 3.05) is 6.61 Å². The minimum Gasteiger partial charge on any atom is -0.396 e. The van der Waals surface area contributed by atoms with Crippen molar-refractivity contribution in [2.24, 2.45) is 0 Å². The molecule has 0 aliphatic heterocycles. The summed E-state index contributed by atoms with van der Waals surface area (Å²) in [6.07, 6.45) is 5.34. The highest BCUT2D eigenvalue weighted by molar-refractivity contribution is 5.73. The summed E-state index contributed by atoms with van der Waals surface area (Å²) >= 11 is 0. The van der Waals surface area contributed by atoms with E-state index in [1.165, 1.54) is 54.3 Å². The van der Waals surface area contributed by atoms with Gasteiger partial charge in [-0.05, 0) is 69.5 Å². The molecule has 28 heavy (non-hydrogen) atoms. The molecule has 0 amide bonds. The number of aliphatic hydroxyl groups is 1. The van der Waals surface area contributed by atoms with E-state index in [-0.39, 0.29) is 12.5 Å². The maximum absolute atomic E-state index is 9.73. The summed E-state index contributed by atoms with van der Waals surface area (Å²) in [5, 5.41) is 15.0. The normalized spacial score (nSPS) is 16.1. The van der Waals surface area contributed by atoms with Gasteiger partial charge < -0.3 is 5.11 Å². The second-order valence-electron chi connectivity index (χ2n) is 7.97. The van der Waals surface area contributed by atoms with Gasteiger partial charge in [-0.25, -0.2) is 0 Å². The quantitative estimate of drug-likeness (QED) is 0.577. The van der Waals surface area contributed by atoms with Crippen molar-refractivity contribution >= 4 is 17.7 Å². The van der Waals surface area contributed by atoms with Gasteiger partial charge in [-0.15, -0.1) is 0 Å². The molecule has 1 N–H and O–H groups in total. The molecule has 1 atom stereocenters. The van der Waals surface area contributed by atoms with E-state index in [0.717, 1.165) is 0 Å². The molecular formula is C27H24O. The van der Waals surface area contributed by atoms with E-state index in [9.17, 15) is 5.11 Å². The van der Waals surface area contributed by atoms with Crippen LogP contribution in [0.4, 0.5) is 0 Å². The summed E-state index contributed by atoms with van der Waals surface area (Å²) in [7, 11) is 0. The second-order valence-corrected chi connectivity index (χ2v) is 7.97. The van der Waals surface area contributed by atoms with Gasteiger partial charge in [0.2, 0.25) is 0 Å². The molecule has 0 saturated carbocycles. The minimum absolute atomic E-state index is 0.180. The van der Waals surface area contributed by atoms with Crippen LogP contribution in [0.15, 0.2) is 66.2 Å². The second kappa shape index (κ2) is 6.61. The predicted octanol–water partition coefficient (Wildman–Crippen LogP) is 4.22. The van der Waals surface area contributed by atoms with Crippen LogP contribution in [0.3, 0.4) is 0 Å². The molecule has 3 aromatic rings. The van der Waals surface area contributed by atoms with Crippen molar-refractivity contribution in [3.8, 4) is 0 Å². The smallest absolute Gasteiger partial charge is 0.0468 e. The van der Waals surface area contributed by atoms with E-state index in [1.807, 2.05) is 0 Å². The summed E-state index contributed by atoms with van der Waals surface area (Å²) in [5.74, 6) is 0.203. The molecule has 0 spiro atoms. The monoisotopic (exact) mass is 364 g/mol. The summed E-state index contributed by atoms with van der Waals surface area (Å²) in [5.41, 5.74) is 8.00. The third kappa shape index (κ3) is 2.51. The molecule has 5 rings (SSSR count). The van der Waals surface area contributed by atoms with Gasteiger partial charge in [0, 0.05) is 12.5 Å². The number of rotatable bonds is 3. The first-order valence-electron chi connectivity index (χ1n) is 10.0. The number of aliphatic hydroxyl groups excluding tert-OH is 1. The summed E-state index contributed by atoms with van der Waals surface area (Å²) in [6, 6.07) is 21.9. The largest absolute Gasteiger partial charge is 0.396 e. The molecular weight excluding hydrogens is 340 g/mol. The molecule has 0 bridgehead atoms. The highest BCUT2D eigenvalue weighted by atomic mass is 16.2. The zero-order valence-corrected chi connectivity index (χ0v) is 16.4. The topological polar surface area (TPSA) is 20.2 Å². The molecule has 138 valence electrons. The Kier molecular flexibility index (Phi) is 4.07. The van der Waals surface area contributed by atoms with Crippen LogP contribution in [0.25, 0.3) is 17.7 Å². The van der Waals surface area contributed by atoms with Gasteiger partial charge >= 0.3 is 0 Å². The number of benzene rings is 3. The van der Waals surface area contributed by atoms with Gasteiger partial charge in [0.05, 0.1) is 0 Å². The van der Waals surface area contributed by atoms with Crippen LogP contribution in [-0.2, 0) is 0 Å². The SMILES string of the molecule is CC(C)=c1ccc2c(c1C1C(CCO)=Cc3ccccc31)C=c1ccccc1=2. The molecule has 2 aliphatic rings. The van der Waals surface area contributed by atoms with Crippen molar-refractivity contribution in [3.63, 3.8) is 0 Å². The van der Waals surface area contributed by atoms with Crippen molar-refractivity contribution < 1.29 is 5.11 Å². The lowest BCUT2D eigenvalue weighted by Gasteiger charge is -2.21. The van der Waals surface area contributed by atoms with E-state index in [4.69, 9.17) is 0 Å². The molecule has 3 aromatic carbocycles. The summed E-state index contributed by atoms with van der Waals surface area (Å²) < 4.78 is 0. The third-order valence-electron chi connectivity index (χ3n) is 6.08. The van der Waals surface area contributed by atoms with E-state index in [0.29, 0.717) is 6.42 Å². The van der Waals surface area contributed by atoms with Crippen molar-refractivity contribution in [1.29, 1.82) is 0 Å². The molecule has 1 nitrogen and oxygen atoms in total. The van der Waals surface area contributed by atoms with Crippen molar-refractivity contribution in [1.82, 2.24) is 0 Å². The molecule has 0 heterocycles. The fourth-order valence-electron chi connectivity index (χ4n) is 4.87. The maximum Gasteiger partial charge on any atom is 0.0468 e. The Morgan fingerprint density at radius 2 is 1.64 bits per heavy atom. The van der Waals surface area contributed by atoms with Crippen LogP contribution < -0.4 is 10.4 Å². The molecule has 0 saturated heterocycles. The van der Waals surface area contributed by atoms with Crippen LogP contribution in [0.5, 0.6) is 0 Å². The molecule has 0 radical (unpaired) electrons. The Bertz CT molecular complexity index is 1340.